The monoisotopic (exact) mass is 1010 g/mol. The number of amides is 2. The van der Waals surface area contributed by atoms with E-state index in [9.17, 15) is 13.8 Å². The molecule has 6 aliphatic carbocycles. The molecule has 2 saturated heterocycles. The fourth-order valence-electron chi connectivity index (χ4n) is 11.6. The van der Waals surface area contributed by atoms with Gasteiger partial charge in [-0.3, -0.25) is 23.6 Å². The molecule has 6 aromatic rings. The molecule has 0 radical (unpaired) electrons. The second kappa shape index (κ2) is 20.8. The van der Waals surface area contributed by atoms with Gasteiger partial charge in [0.25, 0.3) is 11.8 Å². The van der Waals surface area contributed by atoms with Crippen LogP contribution in [0.25, 0.3) is 22.1 Å². The average molecular weight is 1010 g/mol. The Bertz CT molecular complexity index is 2940. The van der Waals surface area contributed by atoms with Gasteiger partial charge in [-0.2, -0.15) is 4.98 Å². The number of pyridine rings is 2. The smallest absolute Gasteiger partial charge is 0.270 e. The highest BCUT2D eigenvalue weighted by Gasteiger charge is 2.60. The lowest BCUT2D eigenvalue weighted by atomic mass is 9.49. The summed E-state index contributed by atoms with van der Waals surface area (Å²) in [6, 6.07) is 11.9. The van der Waals surface area contributed by atoms with Crippen molar-refractivity contribution in [3.63, 3.8) is 0 Å². The third-order valence-corrected chi connectivity index (χ3v) is 16.8. The first-order valence-electron chi connectivity index (χ1n) is 26.0. The lowest BCUT2D eigenvalue weighted by Crippen LogP contribution is -2.60. The van der Waals surface area contributed by atoms with Crippen molar-refractivity contribution in [2.45, 2.75) is 81.7 Å². The molecule has 2 aliphatic heterocycles. The molecule has 8 fully saturated rings. The molecule has 6 saturated carbocycles. The van der Waals surface area contributed by atoms with E-state index in [0.29, 0.717) is 28.3 Å². The van der Waals surface area contributed by atoms with E-state index >= 15 is 0 Å². The molecule has 4 bridgehead atoms. The fourth-order valence-corrected chi connectivity index (χ4v) is 12.0. The second-order valence-electron chi connectivity index (χ2n) is 21.6. The van der Waals surface area contributed by atoms with Crippen LogP contribution < -0.4 is 11.1 Å². The number of rotatable bonds is 13. The SMILES string of the molecule is CCN1CCN(Cc2ccc(N)nc2)CC1.CCN1CCN(Cc2ccc(Nc3ncc4cc(C(=O)N(C)C)n(C56CC(C5)C6)c4n3)nc2)CC1.CN(C)C(=O)c1cc2cnc(S(C)=O)nc2n1C12CC(C1)C2. The van der Waals surface area contributed by atoms with Crippen LogP contribution in [0.5, 0.6) is 0 Å². The summed E-state index contributed by atoms with van der Waals surface area (Å²) >= 11 is 0. The normalized spacial score (nSPS) is 23.9. The number of likely N-dealkylation sites (N-methyl/N-ethyl adjacent to an activating group) is 2. The van der Waals surface area contributed by atoms with Gasteiger partial charge >= 0.3 is 0 Å². The predicted molar refractivity (Wildman–Crippen MR) is 285 cm³/mol. The molecule has 20 heteroatoms. The van der Waals surface area contributed by atoms with Gasteiger partial charge in [-0.05, 0) is 98.8 Å². The van der Waals surface area contributed by atoms with Gasteiger partial charge in [-0.25, -0.2) is 24.9 Å². The first-order chi connectivity index (χ1) is 35.1. The van der Waals surface area contributed by atoms with Crippen molar-refractivity contribution in [1.29, 1.82) is 0 Å². The van der Waals surface area contributed by atoms with Crippen molar-refractivity contribution < 1.29 is 13.8 Å². The Morgan fingerprint density at radius 2 is 1.08 bits per heavy atom. The fraction of sp³-hybridized carbons (Fsp3) is 0.547. The Balaban J connectivity index is 0.000000137. The van der Waals surface area contributed by atoms with Crippen LogP contribution in [0.2, 0.25) is 0 Å². The maximum absolute atomic E-state index is 12.9. The molecule has 3 N–H and O–H groups in total. The highest BCUT2D eigenvalue weighted by atomic mass is 32.2. The maximum Gasteiger partial charge on any atom is 0.270 e. The molecule has 2 amide bonds. The Morgan fingerprint density at radius 3 is 1.48 bits per heavy atom. The molecule has 388 valence electrons. The van der Waals surface area contributed by atoms with Gasteiger partial charge in [0.2, 0.25) is 11.1 Å². The Morgan fingerprint density at radius 1 is 0.630 bits per heavy atom. The molecule has 8 heterocycles. The molecular weight excluding hydrogens is 941 g/mol. The van der Waals surface area contributed by atoms with Gasteiger partial charge in [0, 0.05) is 147 Å². The summed E-state index contributed by atoms with van der Waals surface area (Å²) in [4.78, 5) is 65.4. The summed E-state index contributed by atoms with van der Waals surface area (Å²) in [7, 11) is 5.87. The minimum atomic E-state index is -1.23. The summed E-state index contributed by atoms with van der Waals surface area (Å²) in [6.45, 7) is 17.8. The minimum absolute atomic E-state index is 0.00981. The van der Waals surface area contributed by atoms with Gasteiger partial charge < -0.3 is 39.8 Å². The van der Waals surface area contributed by atoms with E-state index in [1.807, 2.05) is 42.9 Å². The molecule has 0 spiro atoms. The second-order valence-corrected chi connectivity index (χ2v) is 22.9. The summed E-state index contributed by atoms with van der Waals surface area (Å²) in [5.74, 6) is 3.39. The van der Waals surface area contributed by atoms with Gasteiger partial charge in [-0.15, -0.1) is 0 Å². The van der Waals surface area contributed by atoms with Crippen molar-refractivity contribution in [2.75, 3.05) is 111 Å². The molecule has 14 rings (SSSR count). The van der Waals surface area contributed by atoms with Crippen molar-refractivity contribution in [1.82, 2.24) is 68.4 Å². The molecule has 73 heavy (non-hydrogen) atoms. The number of carbonyl (C=O) groups is 2. The van der Waals surface area contributed by atoms with Crippen LogP contribution in [0.1, 0.15) is 84.5 Å². The molecular formula is C53H72N16O3S. The van der Waals surface area contributed by atoms with E-state index in [1.165, 1.54) is 24.2 Å². The topological polar surface area (TPSA) is 196 Å². The number of nitrogen functional groups attached to an aromatic ring is 1. The zero-order valence-electron chi connectivity index (χ0n) is 43.6. The summed E-state index contributed by atoms with van der Waals surface area (Å²) < 4.78 is 16.0. The van der Waals surface area contributed by atoms with E-state index in [-0.39, 0.29) is 22.9 Å². The molecule has 8 aliphatic rings. The number of hydrogen-bond acceptors (Lipinski definition) is 15. The number of carbonyl (C=O) groups excluding carboxylic acids is 2. The summed E-state index contributed by atoms with van der Waals surface area (Å²) in [6.07, 6.45) is 15.6. The van der Waals surface area contributed by atoms with Crippen LogP contribution in [-0.4, -0.2) is 184 Å². The number of fused-ring (bicyclic) bond motifs is 2. The van der Waals surface area contributed by atoms with Gasteiger partial charge in [0.1, 0.15) is 34.3 Å². The lowest BCUT2D eigenvalue weighted by molar-refractivity contribution is -0.0871. The summed E-state index contributed by atoms with van der Waals surface area (Å²) in [5, 5.41) is 5.33. The number of aromatic nitrogens is 8. The number of nitrogens with two attached hydrogens (primary N) is 1. The van der Waals surface area contributed by atoms with Gasteiger partial charge in [-0.1, -0.05) is 26.0 Å². The van der Waals surface area contributed by atoms with Crippen LogP contribution >= 0.6 is 0 Å². The quantitative estimate of drug-likeness (QED) is 0.145. The molecule has 19 nitrogen and oxygen atoms in total. The van der Waals surface area contributed by atoms with E-state index in [0.717, 1.165) is 144 Å². The third kappa shape index (κ3) is 10.3. The van der Waals surface area contributed by atoms with Crippen molar-refractivity contribution in [3.8, 4) is 0 Å². The zero-order valence-corrected chi connectivity index (χ0v) is 44.4. The summed E-state index contributed by atoms with van der Waals surface area (Å²) in [5.41, 5.74) is 11.0. The maximum atomic E-state index is 12.9. The van der Waals surface area contributed by atoms with Crippen LogP contribution in [0.4, 0.5) is 17.6 Å². The number of hydrogen-bond donors (Lipinski definition) is 2. The molecule has 0 aromatic carbocycles. The average Bonchev–Trinajstić information content (AvgIpc) is 3.89. The Kier molecular flexibility index (Phi) is 14.4. The molecule has 1 unspecified atom stereocenters. The standard InChI is InChI=1S/C26H34N8O.C15H18N4O2S.C12H20N4/c1-4-32-7-9-33(10-8-32)17-18-5-6-22(27-15-18)29-25-28-16-20-11-21(24(35)31(2)3)34(23(20)30-25)26-12-19(13-26)14-26;1-18(2)13(20)11-4-10-8-16-14(22(3)21)17-12(10)19(11)15-5-9(6-15)7-15;1-2-15-5-7-16(8-6-15)10-11-3-4-12(13)14-9-11/h5-6,11,15-16,19H,4,7-10,12-14,17H2,1-3H3,(H,27,28,29,30);4,8-9H,5-7H2,1-3H3;3-4,9H,2,5-8,10H2,1H3,(H2,13,14). The van der Waals surface area contributed by atoms with Crippen LogP contribution in [-0.2, 0) is 35.0 Å². The highest BCUT2D eigenvalue weighted by Crippen LogP contribution is 2.64. The van der Waals surface area contributed by atoms with Crippen LogP contribution in [0.3, 0.4) is 0 Å². The van der Waals surface area contributed by atoms with E-state index in [4.69, 9.17) is 10.7 Å². The van der Waals surface area contributed by atoms with Crippen molar-refractivity contribution in [2.24, 2.45) is 11.8 Å². The van der Waals surface area contributed by atoms with Crippen LogP contribution in [0.15, 0.2) is 66.3 Å². The van der Waals surface area contributed by atoms with E-state index in [2.05, 4.69) is 85.0 Å². The van der Waals surface area contributed by atoms with E-state index < -0.39 is 10.8 Å². The predicted octanol–water partition coefficient (Wildman–Crippen LogP) is 5.10. The first-order valence-corrected chi connectivity index (χ1v) is 27.6. The zero-order chi connectivity index (χ0) is 51.2. The molecule has 1 atom stereocenters. The third-order valence-electron chi connectivity index (χ3n) is 16.1. The van der Waals surface area contributed by atoms with Crippen LogP contribution in [0, 0.1) is 11.8 Å². The van der Waals surface area contributed by atoms with Gasteiger partial charge in [0.05, 0.1) is 10.8 Å². The lowest BCUT2D eigenvalue weighted by Gasteiger charge is -2.62. The van der Waals surface area contributed by atoms with Crippen molar-refractivity contribution in [3.05, 3.63) is 83.7 Å². The number of anilines is 3. The van der Waals surface area contributed by atoms with Gasteiger partial charge in [0.15, 0.2) is 0 Å². The first kappa shape index (κ1) is 50.6. The Labute approximate surface area is 431 Å². The van der Waals surface area contributed by atoms with E-state index in [1.54, 1.807) is 50.4 Å². The minimum Gasteiger partial charge on any atom is -0.384 e. The Hall–Kier alpha value is -5.93. The largest absolute Gasteiger partial charge is 0.384 e. The molecule has 6 aromatic heterocycles. The number of nitrogens with one attached hydrogen (secondary N) is 1. The number of piperazine rings is 2. The van der Waals surface area contributed by atoms with Crippen molar-refractivity contribution >= 4 is 62.3 Å². The number of nitrogens with zero attached hydrogens (tertiary/aromatic N) is 14. The highest BCUT2D eigenvalue weighted by molar-refractivity contribution is 7.84.